The van der Waals surface area contributed by atoms with E-state index in [9.17, 15) is 9.59 Å². The van der Waals surface area contributed by atoms with Crippen LogP contribution >= 0.6 is 0 Å². The Morgan fingerprint density at radius 1 is 1.02 bits per heavy atom. The Morgan fingerprint density at radius 2 is 1.85 bits per heavy atom. The first-order valence-electron chi connectivity index (χ1n) is 14.5. The molecule has 8 nitrogen and oxygen atoms in total. The number of halogens is 1. The first kappa shape index (κ1) is 25.7. The molecule has 2 N–H and O–H groups in total. The highest BCUT2D eigenvalue weighted by Crippen LogP contribution is 2.41. The molecular weight excluding hydrogens is 519 g/mol. The van der Waals surface area contributed by atoms with E-state index in [2.05, 4.69) is 19.1 Å². The van der Waals surface area contributed by atoms with E-state index >= 15 is 4.39 Å². The van der Waals surface area contributed by atoms with Crippen molar-refractivity contribution in [2.75, 3.05) is 24.5 Å². The fourth-order valence-corrected chi connectivity index (χ4v) is 6.46. The van der Waals surface area contributed by atoms with Gasteiger partial charge >= 0.3 is 0 Å². The topological polar surface area (TPSA) is 96.8 Å². The quantitative estimate of drug-likeness (QED) is 0.381. The van der Waals surface area contributed by atoms with Gasteiger partial charge in [0.1, 0.15) is 11.5 Å². The van der Waals surface area contributed by atoms with Gasteiger partial charge in [0, 0.05) is 48.6 Å². The molecule has 7 rings (SSSR count). The van der Waals surface area contributed by atoms with Crippen molar-refractivity contribution in [2.24, 2.45) is 11.7 Å². The van der Waals surface area contributed by atoms with Crippen LogP contribution in [-0.2, 0) is 11.2 Å². The van der Waals surface area contributed by atoms with E-state index in [0.29, 0.717) is 41.6 Å². The number of fused-ring (bicyclic) bond motifs is 2. The highest BCUT2D eigenvalue weighted by atomic mass is 19.1. The predicted molar refractivity (Wildman–Crippen MR) is 154 cm³/mol. The molecule has 2 amide bonds. The minimum absolute atomic E-state index is 0.0407. The monoisotopic (exact) mass is 552 g/mol. The van der Waals surface area contributed by atoms with Crippen LogP contribution in [0.15, 0.2) is 54.6 Å². The molecule has 4 heterocycles. The fourth-order valence-electron chi connectivity index (χ4n) is 6.46. The summed E-state index contributed by atoms with van der Waals surface area (Å²) in [5.74, 6) is -0.712. The lowest BCUT2D eigenvalue weighted by Gasteiger charge is -2.35. The summed E-state index contributed by atoms with van der Waals surface area (Å²) in [5.41, 5.74) is 11.5. The molecule has 210 valence electrons. The van der Waals surface area contributed by atoms with Crippen LogP contribution in [0.2, 0.25) is 0 Å². The number of nitrogens with two attached hydrogens (primary N) is 1. The summed E-state index contributed by atoms with van der Waals surface area (Å²) in [5, 5.41) is 4.75. The number of primary amides is 1. The maximum absolute atomic E-state index is 15.5. The van der Waals surface area contributed by atoms with Crippen LogP contribution in [0.4, 0.5) is 10.1 Å². The largest absolute Gasteiger partial charge is 0.371 e. The van der Waals surface area contributed by atoms with Crippen molar-refractivity contribution in [3.8, 4) is 11.3 Å². The van der Waals surface area contributed by atoms with Crippen LogP contribution in [0.25, 0.3) is 16.9 Å². The Bertz CT molecular complexity index is 1680. The van der Waals surface area contributed by atoms with Gasteiger partial charge in [-0.25, -0.2) is 13.9 Å². The summed E-state index contributed by atoms with van der Waals surface area (Å²) in [6, 6.07) is 17.0. The van der Waals surface area contributed by atoms with Gasteiger partial charge in [0.15, 0.2) is 5.65 Å². The zero-order chi connectivity index (χ0) is 28.2. The van der Waals surface area contributed by atoms with Crippen LogP contribution in [0, 0.1) is 11.7 Å². The third-order valence-corrected chi connectivity index (χ3v) is 8.94. The minimum Gasteiger partial charge on any atom is -0.371 e. The molecule has 1 saturated heterocycles. The number of hydrogen-bond acceptors (Lipinski definition) is 5. The fraction of sp³-hybridized carbons (Fsp3) is 0.375. The lowest BCUT2D eigenvalue weighted by Crippen LogP contribution is -2.41. The van der Waals surface area contributed by atoms with Crippen molar-refractivity contribution < 1.29 is 14.0 Å². The molecule has 2 fully saturated rings. The van der Waals surface area contributed by atoms with Gasteiger partial charge in [0.05, 0.1) is 17.7 Å². The maximum Gasteiger partial charge on any atom is 0.273 e. The molecule has 1 saturated carbocycles. The molecule has 2 atom stereocenters. The molecule has 1 aliphatic carbocycles. The lowest BCUT2D eigenvalue weighted by atomic mass is 9.93. The van der Waals surface area contributed by atoms with Crippen molar-refractivity contribution in [1.29, 1.82) is 0 Å². The highest BCUT2D eigenvalue weighted by molar-refractivity contribution is 5.93. The lowest BCUT2D eigenvalue weighted by molar-refractivity contribution is -0.122. The second-order valence-corrected chi connectivity index (χ2v) is 11.6. The average molecular weight is 553 g/mol. The normalized spacial score (nSPS) is 20.7. The van der Waals surface area contributed by atoms with Crippen molar-refractivity contribution in [2.45, 2.75) is 51.0 Å². The van der Waals surface area contributed by atoms with Crippen LogP contribution in [0.5, 0.6) is 0 Å². The van der Waals surface area contributed by atoms with Gasteiger partial charge in [-0.1, -0.05) is 24.3 Å². The third kappa shape index (κ3) is 4.63. The number of aromatic nitrogens is 3. The summed E-state index contributed by atoms with van der Waals surface area (Å²) in [4.78, 5) is 34.1. The van der Waals surface area contributed by atoms with E-state index < -0.39 is 5.82 Å². The van der Waals surface area contributed by atoms with E-state index in [0.717, 1.165) is 50.0 Å². The summed E-state index contributed by atoms with van der Waals surface area (Å²) >= 11 is 0. The van der Waals surface area contributed by atoms with E-state index in [-0.39, 0.29) is 23.8 Å². The molecule has 41 heavy (non-hydrogen) atoms. The van der Waals surface area contributed by atoms with E-state index in [1.165, 1.54) is 17.2 Å². The average Bonchev–Trinajstić information content (AvgIpc) is 3.75. The number of rotatable bonds is 5. The summed E-state index contributed by atoms with van der Waals surface area (Å²) in [6.45, 7) is 3.96. The highest BCUT2D eigenvalue weighted by Gasteiger charge is 2.33. The zero-order valence-electron chi connectivity index (χ0n) is 23.1. The number of carbonyl (C=O) groups is 2. The summed E-state index contributed by atoms with van der Waals surface area (Å²) in [7, 11) is 0. The number of nitrogens with zero attached hydrogens (tertiary/aromatic N) is 5. The zero-order valence-corrected chi connectivity index (χ0v) is 23.1. The molecule has 0 bridgehead atoms. The molecule has 4 aromatic rings. The molecule has 2 aliphatic heterocycles. The molecule has 0 spiro atoms. The second-order valence-electron chi connectivity index (χ2n) is 11.6. The predicted octanol–water partition coefficient (Wildman–Crippen LogP) is 4.87. The summed E-state index contributed by atoms with van der Waals surface area (Å²) in [6.07, 6.45) is 4.47. The molecule has 2 aromatic carbocycles. The van der Waals surface area contributed by atoms with Gasteiger partial charge < -0.3 is 15.5 Å². The Labute approximate surface area is 238 Å². The minimum atomic E-state index is -0.391. The van der Waals surface area contributed by atoms with Crippen molar-refractivity contribution >= 4 is 23.1 Å². The van der Waals surface area contributed by atoms with Gasteiger partial charge in [-0.2, -0.15) is 5.10 Å². The summed E-state index contributed by atoms with van der Waals surface area (Å²) < 4.78 is 17.3. The first-order chi connectivity index (χ1) is 19.9. The Balaban J connectivity index is 1.20. The Morgan fingerprint density at radius 3 is 2.63 bits per heavy atom. The maximum atomic E-state index is 15.5. The SMILES string of the molecule is CC1c2ccccc2CCN1C(=O)c1cc(C2CC2)n2nc(-c3ccc(N4CCCC(C(N)=O)C4)cc3F)cc2n1. The van der Waals surface area contributed by atoms with Crippen LogP contribution < -0.4 is 10.6 Å². The number of hydrogen-bond donors (Lipinski definition) is 1. The van der Waals surface area contributed by atoms with E-state index in [4.69, 9.17) is 15.8 Å². The standard InChI is InChI=1S/C32H33FN6O2/c1-19-24-7-3-2-5-20(24)12-14-38(19)32(41)28-16-29(21-8-9-21)39-30(35-28)17-27(36-39)25-11-10-23(15-26(25)33)37-13-4-6-22(18-37)31(34)40/h2-3,5,7,10-11,15-17,19,21-22H,4,6,8-9,12-14,18H2,1H3,(H2,34,40). The van der Waals surface area contributed by atoms with Gasteiger partial charge in [-0.05, 0) is 74.4 Å². The number of benzene rings is 2. The molecule has 2 unspecified atom stereocenters. The smallest absolute Gasteiger partial charge is 0.273 e. The van der Waals surface area contributed by atoms with E-state index in [1.807, 2.05) is 34.1 Å². The number of carbonyl (C=O) groups excluding carboxylic acids is 2. The van der Waals surface area contributed by atoms with Gasteiger partial charge in [0.2, 0.25) is 5.91 Å². The molecule has 2 aromatic heterocycles. The number of amides is 2. The Hall–Kier alpha value is -4.27. The van der Waals surface area contributed by atoms with Crippen LogP contribution in [0.1, 0.15) is 71.9 Å². The van der Waals surface area contributed by atoms with Crippen LogP contribution in [-0.4, -0.2) is 50.9 Å². The number of piperidine rings is 1. The second kappa shape index (κ2) is 9.98. The Kier molecular flexibility index (Phi) is 6.25. The van der Waals surface area contributed by atoms with Gasteiger partial charge in [0.25, 0.3) is 5.91 Å². The van der Waals surface area contributed by atoms with Gasteiger partial charge in [-0.3, -0.25) is 9.59 Å². The van der Waals surface area contributed by atoms with E-state index in [1.54, 1.807) is 16.6 Å². The van der Waals surface area contributed by atoms with Crippen molar-refractivity contribution in [1.82, 2.24) is 19.5 Å². The van der Waals surface area contributed by atoms with Crippen LogP contribution in [0.3, 0.4) is 0 Å². The molecule has 0 radical (unpaired) electrons. The van der Waals surface area contributed by atoms with Crippen molar-refractivity contribution in [3.63, 3.8) is 0 Å². The van der Waals surface area contributed by atoms with Gasteiger partial charge in [-0.15, -0.1) is 0 Å². The number of anilines is 1. The third-order valence-electron chi connectivity index (χ3n) is 8.94. The molecule has 3 aliphatic rings. The first-order valence-corrected chi connectivity index (χ1v) is 14.5. The molecule has 9 heteroatoms. The molecular formula is C32H33FN6O2. The van der Waals surface area contributed by atoms with Crippen molar-refractivity contribution in [3.05, 3.63) is 82.9 Å².